The lowest BCUT2D eigenvalue weighted by atomic mass is 10.1. The minimum atomic E-state index is -3.17. The molecule has 14 heavy (non-hydrogen) atoms. The van der Waals surface area contributed by atoms with Crippen molar-refractivity contribution in [3.8, 4) is 0 Å². The van der Waals surface area contributed by atoms with Crippen molar-refractivity contribution in [2.75, 3.05) is 11.5 Å². The van der Waals surface area contributed by atoms with Crippen molar-refractivity contribution in [3.63, 3.8) is 0 Å². The molecule has 1 atom stereocenters. The second-order valence-electron chi connectivity index (χ2n) is 3.38. The van der Waals surface area contributed by atoms with Crippen LogP contribution in [-0.2, 0) is 14.6 Å². The lowest BCUT2D eigenvalue weighted by molar-refractivity contribution is -0.141. The molecule has 0 aliphatic rings. The Labute approximate surface area is 85.2 Å². The van der Waals surface area contributed by atoms with Crippen LogP contribution in [0.4, 0.5) is 0 Å². The maximum Gasteiger partial charge on any atom is 0.307 e. The highest BCUT2D eigenvalue weighted by molar-refractivity contribution is 7.91. The molecule has 0 saturated heterocycles. The Kier molecular flexibility index (Phi) is 5.76. The first kappa shape index (κ1) is 13.4. The van der Waals surface area contributed by atoms with Gasteiger partial charge >= 0.3 is 5.97 Å². The molecular formula is C9H18O4S. The molecule has 0 spiro atoms. The van der Waals surface area contributed by atoms with Gasteiger partial charge in [-0.2, -0.15) is 0 Å². The summed E-state index contributed by atoms with van der Waals surface area (Å²) in [6.45, 7) is 3.49. The molecule has 0 aromatic heterocycles. The van der Waals surface area contributed by atoms with Crippen molar-refractivity contribution < 1.29 is 18.3 Å². The fourth-order valence-electron chi connectivity index (χ4n) is 1.15. The zero-order valence-corrected chi connectivity index (χ0v) is 9.51. The molecule has 0 amide bonds. The maximum absolute atomic E-state index is 11.2. The van der Waals surface area contributed by atoms with Crippen molar-refractivity contribution in [1.29, 1.82) is 0 Å². The number of hydrogen-bond acceptors (Lipinski definition) is 3. The van der Waals surface area contributed by atoms with Gasteiger partial charge in [0.25, 0.3) is 0 Å². The van der Waals surface area contributed by atoms with Crippen LogP contribution in [0, 0.1) is 5.92 Å². The number of rotatable bonds is 7. The number of unbranched alkanes of at least 4 members (excludes halogenated alkanes) is 1. The van der Waals surface area contributed by atoms with E-state index in [0.717, 1.165) is 12.8 Å². The number of carboxylic acid groups (broad SMARTS) is 1. The SMILES string of the molecule is CCCCC(CS(=O)(=O)CC)C(=O)O. The van der Waals surface area contributed by atoms with Crippen LogP contribution in [0.1, 0.15) is 33.1 Å². The van der Waals surface area contributed by atoms with E-state index in [1.807, 2.05) is 6.92 Å². The van der Waals surface area contributed by atoms with E-state index in [4.69, 9.17) is 5.11 Å². The molecule has 5 heteroatoms. The van der Waals surface area contributed by atoms with E-state index in [9.17, 15) is 13.2 Å². The van der Waals surface area contributed by atoms with Gasteiger partial charge in [-0.05, 0) is 6.42 Å². The summed E-state index contributed by atoms with van der Waals surface area (Å²) < 4.78 is 22.4. The lowest BCUT2D eigenvalue weighted by Crippen LogP contribution is -2.24. The number of hydrogen-bond donors (Lipinski definition) is 1. The average Bonchev–Trinajstić information content (AvgIpc) is 2.12. The second-order valence-corrected chi connectivity index (χ2v) is 5.77. The van der Waals surface area contributed by atoms with Gasteiger partial charge in [-0.15, -0.1) is 0 Å². The summed E-state index contributed by atoms with van der Waals surface area (Å²) >= 11 is 0. The minimum absolute atomic E-state index is 0.0168. The molecular weight excluding hydrogens is 204 g/mol. The molecule has 0 heterocycles. The van der Waals surface area contributed by atoms with Gasteiger partial charge in [0.2, 0.25) is 0 Å². The zero-order chi connectivity index (χ0) is 11.2. The highest BCUT2D eigenvalue weighted by Crippen LogP contribution is 2.12. The van der Waals surface area contributed by atoms with Crippen LogP contribution in [0.2, 0.25) is 0 Å². The van der Waals surface area contributed by atoms with E-state index < -0.39 is 21.7 Å². The predicted octanol–water partition coefficient (Wildman–Crippen LogP) is 1.31. The Morgan fingerprint density at radius 3 is 2.29 bits per heavy atom. The third-order valence-electron chi connectivity index (χ3n) is 2.15. The van der Waals surface area contributed by atoms with E-state index in [1.165, 1.54) is 6.92 Å². The zero-order valence-electron chi connectivity index (χ0n) is 8.69. The molecule has 0 aliphatic carbocycles. The Morgan fingerprint density at radius 1 is 1.36 bits per heavy atom. The predicted molar refractivity (Wildman–Crippen MR) is 55.0 cm³/mol. The van der Waals surface area contributed by atoms with E-state index >= 15 is 0 Å². The van der Waals surface area contributed by atoms with Gasteiger partial charge in [-0.3, -0.25) is 4.79 Å². The molecule has 0 aromatic carbocycles. The summed E-state index contributed by atoms with van der Waals surface area (Å²) in [4.78, 5) is 10.7. The summed E-state index contributed by atoms with van der Waals surface area (Å²) in [6, 6.07) is 0. The quantitative estimate of drug-likeness (QED) is 0.705. The van der Waals surface area contributed by atoms with Crippen molar-refractivity contribution >= 4 is 15.8 Å². The van der Waals surface area contributed by atoms with E-state index in [0.29, 0.717) is 6.42 Å². The molecule has 0 fully saturated rings. The van der Waals surface area contributed by atoms with Gasteiger partial charge in [0.1, 0.15) is 0 Å². The summed E-state index contributed by atoms with van der Waals surface area (Å²) in [5.41, 5.74) is 0. The Hall–Kier alpha value is -0.580. The monoisotopic (exact) mass is 222 g/mol. The summed E-state index contributed by atoms with van der Waals surface area (Å²) in [5, 5.41) is 8.79. The van der Waals surface area contributed by atoms with Crippen molar-refractivity contribution in [2.45, 2.75) is 33.1 Å². The van der Waals surface area contributed by atoms with Crippen LogP contribution in [-0.4, -0.2) is 31.0 Å². The van der Waals surface area contributed by atoms with Gasteiger partial charge in [-0.1, -0.05) is 26.7 Å². The Bertz CT molecular complexity index is 269. The van der Waals surface area contributed by atoms with Crippen LogP contribution >= 0.6 is 0 Å². The molecule has 0 bridgehead atoms. The van der Waals surface area contributed by atoms with Gasteiger partial charge in [0.05, 0.1) is 11.7 Å². The maximum atomic E-state index is 11.2. The molecule has 1 N–H and O–H groups in total. The standard InChI is InChI=1S/C9H18O4S/c1-3-5-6-8(9(10)11)7-14(12,13)4-2/h8H,3-7H2,1-2H3,(H,10,11). The van der Waals surface area contributed by atoms with Crippen LogP contribution in [0.15, 0.2) is 0 Å². The van der Waals surface area contributed by atoms with Crippen LogP contribution in [0.25, 0.3) is 0 Å². The fraction of sp³-hybridized carbons (Fsp3) is 0.889. The number of aliphatic carboxylic acids is 1. The fourth-order valence-corrected chi connectivity index (χ4v) is 2.31. The molecule has 0 radical (unpaired) electrons. The number of carbonyl (C=O) groups is 1. The Morgan fingerprint density at radius 2 is 1.93 bits per heavy atom. The van der Waals surface area contributed by atoms with Crippen LogP contribution in [0.5, 0.6) is 0 Å². The lowest BCUT2D eigenvalue weighted by Gasteiger charge is -2.10. The van der Waals surface area contributed by atoms with E-state index in [-0.39, 0.29) is 11.5 Å². The van der Waals surface area contributed by atoms with E-state index in [1.54, 1.807) is 0 Å². The third-order valence-corrected chi connectivity index (χ3v) is 3.94. The van der Waals surface area contributed by atoms with E-state index in [2.05, 4.69) is 0 Å². The summed E-state index contributed by atoms with van der Waals surface area (Å²) in [6.07, 6.45) is 2.09. The average molecular weight is 222 g/mol. The highest BCUT2D eigenvalue weighted by atomic mass is 32.2. The largest absolute Gasteiger partial charge is 0.481 e. The molecule has 0 saturated carbocycles. The van der Waals surface area contributed by atoms with Crippen molar-refractivity contribution in [1.82, 2.24) is 0 Å². The van der Waals surface area contributed by atoms with Gasteiger partial charge < -0.3 is 5.11 Å². The first-order valence-electron chi connectivity index (χ1n) is 4.86. The first-order chi connectivity index (χ1) is 6.43. The Balaban J connectivity index is 4.31. The van der Waals surface area contributed by atoms with Crippen molar-refractivity contribution in [3.05, 3.63) is 0 Å². The normalized spacial score (nSPS) is 13.9. The number of sulfone groups is 1. The molecule has 1 unspecified atom stereocenters. The summed E-state index contributed by atoms with van der Waals surface area (Å²) in [7, 11) is -3.17. The minimum Gasteiger partial charge on any atom is -0.481 e. The van der Waals surface area contributed by atoms with Crippen LogP contribution < -0.4 is 0 Å². The first-order valence-corrected chi connectivity index (χ1v) is 6.68. The number of carboxylic acids is 1. The van der Waals surface area contributed by atoms with Crippen LogP contribution in [0.3, 0.4) is 0 Å². The van der Waals surface area contributed by atoms with Crippen molar-refractivity contribution in [2.24, 2.45) is 5.92 Å². The highest BCUT2D eigenvalue weighted by Gasteiger charge is 2.23. The van der Waals surface area contributed by atoms with Gasteiger partial charge in [-0.25, -0.2) is 8.42 Å². The molecule has 84 valence electrons. The molecule has 0 rings (SSSR count). The third kappa shape index (κ3) is 5.21. The molecule has 0 aliphatic heterocycles. The second kappa shape index (κ2) is 6.01. The molecule has 4 nitrogen and oxygen atoms in total. The summed E-state index contributed by atoms with van der Waals surface area (Å²) in [5.74, 6) is -1.95. The van der Waals surface area contributed by atoms with Gasteiger partial charge in [0, 0.05) is 5.75 Å². The molecule has 0 aromatic rings. The smallest absolute Gasteiger partial charge is 0.307 e. The topological polar surface area (TPSA) is 71.4 Å². The van der Waals surface area contributed by atoms with Gasteiger partial charge in [0.15, 0.2) is 9.84 Å².